The van der Waals surface area contributed by atoms with Gasteiger partial charge in [-0.3, -0.25) is 9.69 Å². The summed E-state index contributed by atoms with van der Waals surface area (Å²) < 4.78 is 0. The molecule has 4 nitrogen and oxygen atoms in total. The molecule has 3 atom stereocenters. The van der Waals surface area contributed by atoms with E-state index in [-0.39, 0.29) is 17.5 Å². The number of benzene rings is 1. The summed E-state index contributed by atoms with van der Waals surface area (Å²) in [5.41, 5.74) is 3.99. The zero-order valence-electron chi connectivity index (χ0n) is 15.7. The van der Waals surface area contributed by atoms with Crippen LogP contribution in [0, 0.1) is 19.3 Å². The molecular weight excluding hydrogens is 324 g/mol. The van der Waals surface area contributed by atoms with Crippen LogP contribution < -0.4 is 5.43 Å². The first kappa shape index (κ1) is 17.5. The summed E-state index contributed by atoms with van der Waals surface area (Å²) in [5.74, 6) is 0. The van der Waals surface area contributed by atoms with Crippen molar-refractivity contribution in [3.63, 3.8) is 0 Å². The third-order valence-corrected chi connectivity index (χ3v) is 6.66. The molecule has 0 spiro atoms. The molecule has 0 saturated carbocycles. The minimum absolute atomic E-state index is 0.0663. The maximum Gasteiger partial charge on any atom is 0.187 e. The maximum absolute atomic E-state index is 12.3. The number of aliphatic hydroxyl groups is 1. The number of fused-ring (bicyclic) bond motifs is 2. The predicted molar refractivity (Wildman–Crippen MR) is 103 cm³/mol. The molecule has 0 aliphatic carbocycles. The molecule has 4 heteroatoms. The van der Waals surface area contributed by atoms with Gasteiger partial charge in [0, 0.05) is 47.1 Å². The predicted octanol–water partition coefficient (Wildman–Crippen LogP) is 2.95. The van der Waals surface area contributed by atoms with E-state index in [4.69, 9.17) is 0 Å². The molecule has 26 heavy (non-hydrogen) atoms. The average molecular weight is 352 g/mol. The third-order valence-electron chi connectivity index (χ3n) is 6.66. The minimum Gasteiger partial charge on any atom is -0.396 e. The summed E-state index contributed by atoms with van der Waals surface area (Å²) in [6.45, 7) is 4.77. The number of nitrogens with one attached hydrogen (secondary N) is 1. The van der Waals surface area contributed by atoms with Crippen LogP contribution in [-0.4, -0.2) is 33.7 Å². The fraction of sp³-hybridized carbons (Fsp3) is 0.500. The van der Waals surface area contributed by atoms with Gasteiger partial charge in [0.1, 0.15) is 0 Å². The van der Waals surface area contributed by atoms with E-state index < -0.39 is 0 Å². The fourth-order valence-corrected chi connectivity index (χ4v) is 5.23. The molecular formula is C22H28N2O2. The van der Waals surface area contributed by atoms with Crippen LogP contribution >= 0.6 is 0 Å². The van der Waals surface area contributed by atoms with E-state index >= 15 is 0 Å². The Kier molecular flexibility index (Phi) is 4.49. The Morgan fingerprint density at radius 1 is 1.23 bits per heavy atom. The number of rotatable bonds is 5. The van der Waals surface area contributed by atoms with Gasteiger partial charge in [0.05, 0.1) is 6.61 Å². The van der Waals surface area contributed by atoms with Crippen LogP contribution in [0.3, 0.4) is 0 Å². The van der Waals surface area contributed by atoms with E-state index in [1.54, 1.807) is 0 Å². The van der Waals surface area contributed by atoms with Crippen LogP contribution in [-0.2, 0) is 13.0 Å². The van der Waals surface area contributed by atoms with Gasteiger partial charge in [0.15, 0.2) is 5.43 Å². The second-order valence-corrected chi connectivity index (χ2v) is 8.21. The van der Waals surface area contributed by atoms with Gasteiger partial charge in [0.2, 0.25) is 0 Å². The van der Waals surface area contributed by atoms with Gasteiger partial charge in [-0.1, -0.05) is 30.3 Å². The highest BCUT2D eigenvalue weighted by Gasteiger charge is 2.55. The van der Waals surface area contributed by atoms with Gasteiger partial charge in [-0.25, -0.2) is 0 Å². The number of hydrogen-bond acceptors (Lipinski definition) is 3. The van der Waals surface area contributed by atoms with Crippen LogP contribution in [0.25, 0.3) is 0 Å². The van der Waals surface area contributed by atoms with Gasteiger partial charge in [0.25, 0.3) is 0 Å². The molecule has 0 radical (unpaired) electrons. The molecule has 2 aliphatic rings. The summed E-state index contributed by atoms with van der Waals surface area (Å²) >= 11 is 0. The Bertz CT molecular complexity index is 845. The lowest BCUT2D eigenvalue weighted by Crippen LogP contribution is -2.42. The lowest BCUT2D eigenvalue weighted by Gasteiger charge is -2.36. The monoisotopic (exact) mass is 352 g/mol. The smallest absolute Gasteiger partial charge is 0.187 e. The highest BCUT2D eigenvalue weighted by molar-refractivity contribution is 5.25. The molecule has 0 amide bonds. The molecule has 2 aromatic rings. The third kappa shape index (κ3) is 2.81. The first-order valence-corrected chi connectivity index (χ1v) is 9.62. The Morgan fingerprint density at radius 3 is 2.73 bits per heavy atom. The topological polar surface area (TPSA) is 56.3 Å². The number of aliphatic hydroxyl groups excluding tert-OH is 1. The van der Waals surface area contributed by atoms with Gasteiger partial charge < -0.3 is 10.1 Å². The van der Waals surface area contributed by atoms with Crippen LogP contribution in [0.2, 0.25) is 0 Å². The van der Waals surface area contributed by atoms with Crippen molar-refractivity contribution in [2.24, 2.45) is 5.41 Å². The lowest BCUT2D eigenvalue weighted by molar-refractivity contribution is 0.0747. The molecule has 1 aromatic carbocycles. The molecule has 0 unspecified atom stereocenters. The summed E-state index contributed by atoms with van der Waals surface area (Å²) in [5, 5.41) is 10.3. The molecule has 1 aromatic heterocycles. The summed E-state index contributed by atoms with van der Waals surface area (Å²) in [7, 11) is 0. The zero-order valence-corrected chi connectivity index (χ0v) is 15.7. The molecule has 2 saturated heterocycles. The second kappa shape index (κ2) is 6.67. The van der Waals surface area contributed by atoms with Gasteiger partial charge in [-0.2, -0.15) is 0 Å². The quantitative estimate of drug-likeness (QED) is 0.870. The normalized spacial score (nSPS) is 28.0. The molecule has 4 rings (SSSR count). The number of aryl methyl sites for hydroxylation is 1. The SMILES string of the molecule is Cc1c[nH]c(CN2[C@@H]3CC[C@H]2[C@](CO)(Cc2ccccc2)C3)c(C)c1=O. The average Bonchev–Trinajstić information content (AvgIpc) is 3.18. The Morgan fingerprint density at radius 2 is 2.00 bits per heavy atom. The minimum atomic E-state index is -0.0663. The summed E-state index contributed by atoms with van der Waals surface area (Å²) in [6, 6.07) is 11.4. The van der Waals surface area contributed by atoms with E-state index in [9.17, 15) is 9.90 Å². The summed E-state index contributed by atoms with van der Waals surface area (Å²) in [6.07, 6.45) is 6.11. The lowest BCUT2D eigenvalue weighted by atomic mass is 9.70. The van der Waals surface area contributed by atoms with Gasteiger partial charge in [-0.05, 0) is 45.1 Å². The standard InChI is InChI=1S/C22H28N2O2/c1-15-12-23-19(16(2)21(15)26)13-24-18-8-9-20(24)22(11-18,14-25)10-17-6-4-3-5-7-17/h3-7,12,18,20,25H,8-11,13-14H2,1-2H3,(H,23,26)/t18-,20+,22-/m1/s1. The van der Waals surface area contributed by atoms with Gasteiger partial charge >= 0.3 is 0 Å². The highest BCUT2D eigenvalue weighted by Crippen LogP contribution is 2.51. The van der Waals surface area contributed by atoms with E-state index in [1.165, 1.54) is 12.0 Å². The van der Waals surface area contributed by atoms with E-state index in [0.29, 0.717) is 12.1 Å². The highest BCUT2D eigenvalue weighted by atomic mass is 16.3. The fourth-order valence-electron chi connectivity index (χ4n) is 5.23. The number of hydrogen-bond donors (Lipinski definition) is 2. The largest absolute Gasteiger partial charge is 0.396 e. The van der Waals surface area contributed by atoms with Crippen molar-refractivity contribution in [3.05, 3.63) is 69.1 Å². The molecule has 2 aliphatic heterocycles. The first-order chi connectivity index (χ1) is 12.5. The molecule has 138 valence electrons. The maximum atomic E-state index is 12.3. The second-order valence-electron chi connectivity index (χ2n) is 8.21. The van der Waals surface area contributed by atoms with E-state index in [1.807, 2.05) is 26.1 Å². The van der Waals surface area contributed by atoms with Crippen molar-refractivity contribution < 1.29 is 5.11 Å². The van der Waals surface area contributed by atoms with Crippen molar-refractivity contribution in [2.45, 2.75) is 58.2 Å². The number of aromatic amines is 1. The Labute approximate surface area is 154 Å². The van der Waals surface area contributed by atoms with Crippen molar-refractivity contribution in [3.8, 4) is 0 Å². The van der Waals surface area contributed by atoms with Crippen LogP contribution in [0.1, 0.15) is 41.6 Å². The molecule has 2 N–H and O–H groups in total. The van der Waals surface area contributed by atoms with Crippen molar-refractivity contribution >= 4 is 0 Å². The Hall–Kier alpha value is -1.91. The summed E-state index contributed by atoms with van der Waals surface area (Å²) in [4.78, 5) is 18.2. The molecule has 3 heterocycles. The van der Waals surface area contributed by atoms with E-state index in [0.717, 1.165) is 42.6 Å². The van der Waals surface area contributed by atoms with Crippen LogP contribution in [0.4, 0.5) is 0 Å². The number of aromatic nitrogens is 1. The zero-order chi connectivity index (χ0) is 18.3. The van der Waals surface area contributed by atoms with Crippen LogP contribution in [0.15, 0.2) is 41.3 Å². The van der Waals surface area contributed by atoms with E-state index in [2.05, 4.69) is 34.1 Å². The van der Waals surface area contributed by atoms with Crippen molar-refractivity contribution in [1.29, 1.82) is 0 Å². The van der Waals surface area contributed by atoms with Gasteiger partial charge in [-0.15, -0.1) is 0 Å². The number of nitrogens with zero attached hydrogens (tertiary/aromatic N) is 1. The number of H-pyrrole nitrogens is 1. The van der Waals surface area contributed by atoms with Crippen LogP contribution in [0.5, 0.6) is 0 Å². The first-order valence-electron chi connectivity index (χ1n) is 9.62. The number of pyridine rings is 1. The Balaban J connectivity index is 1.60. The van der Waals surface area contributed by atoms with Crippen molar-refractivity contribution in [1.82, 2.24) is 9.88 Å². The van der Waals surface area contributed by atoms with Crippen molar-refractivity contribution in [2.75, 3.05) is 6.61 Å². The molecule has 2 bridgehead atoms. The molecule has 2 fully saturated rings.